The molecule has 0 saturated heterocycles. The molecule has 36 heavy (non-hydrogen) atoms. The monoisotopic (exact) mass is 473 g/mol. The van der Waals surface area contributed by atoms with Crippen molar-refractivity contribution in [2.24, 2.45) is 5.10 Å². The van der Waals surface area contributed by atoms with Crippen LogP contribution in [0.15, 0.2) is 88.8 Å². The Labute approximate surface area is 207 Å². The number of benzene rings is 3. The maximum atomic E-state index is 13.9. The van der Waals surface area contributed by atoms with Gasteiger partial charge in [-0.3, -0.25) is 0 Å². The fourth-order valence-electron chi connectivity index (χ4n) is 4.52. The highest BCUT2D eigenvalue weighted by Gasteiger charge is 2.26. The van der Waals surface area contributed by atoms with Crippen molar-refractivity contribution >= 4 is 39.4 Å². The van der Waals surface area contributed by atoms with Crippen molar-refractivity contribution in [3.8, 4) is 0 Å². The van der Waals surface area contributed by atoms with Crippen molar-refractivity contribution in [2.75, 3.05) is 0 Å². The van der Waals surface area contributed by atoms with E-state index in [4.69, 9.17) is 15.1 Å². The number of hydrogen-bond acceptors (Lipinski definition) is 4. The van der Waals surface area contributed by atoms with Crippen LogP contribution in [0.1, 0.15) is 22.5 Å². The first kappa shape index (κ1) is 21.9. The van der Waals surface area contributed by atoms with Gasteiger partial charge in [0.05, 0.1) is 23.8 Å². The van der Waals surface area contributed by atoms with Gasteiger partial charge in [-0.25, -0.2) is 24.3 Å². The Morgan fingerprint density at radius 3 is 2.33 bits per heavy atom. The van der Waals surface area contributed by atoms with Crippen LogP contribution in [0, 0.1) is 13.8 Å². The Morgan fingerprint density at radius 2 is 1.58 bits per heavy atom. The molecule has 0 aliphatic carbocycles. The number of rotatable bonds is 5. The topological polar surface area (TPSA) is 79.2 Å². The number of H-pyrrole nitrogens is 1. The Bertz CT molecular complexity index is 1820. The lowest BCUT2D eigenvalue weighted by Crippen LogP contribution is -2.31. The smallest absolute Gasteiger partial charge is 0.250 e. The molecule has 6 rings (SSSR count). The zero-order chi connectivity index (χ0) is 24.6. The summed E-state index contributed by atoms with van der Waals surface area (Å²) in [6.45, 7) is 4.52. The van der Waals surface area contributed by atoms with Crippen LogP contribution in [0.25, 0.3) is 33.2 Å². The summed E-state index contributed by atoms with van der Waals surface area (Å²) < 4.78 is 3.47. The van der Waals surface area contributed by atoms with Crippen LogP contribution < -0.4 is 10.5 Å². The molecule has 176 valence electrons. The molecule has 0 aliphatic heterocycles. The number of aryl methyl sites for hydroxylation is 3. The largest absolute Gasteiger partial charge is 0.323 e. The van der Waals surface area contributed by atoms with E-state index >= 15 is 0 Å². The lowest BCUT2D eigenvalue weighted by molar-refractivity contribution is -0.368. The van der Waals surface area contributed by atoms with Gasteiger partial charge in [0.1, 0.15) is 5.52 Å². The van der Waals surface area contributed by atoms with E-state index < -0.39 is 0 Å². The van der Waals surface area contributed by atoms with Crippen LogP contribution in [-0.2, 0) is 13.0 Å². The minimum absolute atomic E-state index is 0.101. The first-order chi connectivity index (χ1) is 17.6. The Hall–Kier alpha value is -4.65. The van der Waals surface area contributed by atoms with Crippen molar-refractivity contribution in [3.63, 3.8) is 0 Å². The maximum absolute atomic E-state index is 13.9. The summed E-state index contributed by atoms with van der Waals surface area (Å²) in [5.41, 5.74) is 6.37. The van der Waals surface area contributed by atoms with E-state index in [0.717, 1.165) is 28.8 Å². The van der Waals surface area contributed by atoms with Gasteiger partial charge in [0.25, 0.3) is 5.65 Å². The molecule has 0 atom stereocenters. The fraction of sp³-hybridized carbons (Fsp3) is 0.138. The van der Waals surface area contributed by atoms with E-state index in [2.05, 4.69) is 24.0 Å². The van der Waals surface area contributed by atoms with Crippen molar-refractivity contribution < 1.29 is 4.98 Å². The van der Waals surface area contributed by atoms with Crippen molar-refractivity contribution in [1.29, 1.82) is 0 Å². The SMILES string of the molecule is Cc1ccc(C=Nn2c3nc4ccccc4nc3c3c(=O)n(CCc4ccccc4)c(C)[nH+]c32)cc1. The van der Waals surface area contributed by atoms with Crippen molar-refractivity contribution in [1.82, 2.24) is 19.2 Å². The number of nitrogens with one attached hydrogen (secondary N) is 1. The van der Waals surface area contributed by atoms with Gasteiger partial charge in [-0.1, -0.05) is 72.3 Å². The van der Waals surface area contributed by atoms with E-state index in [1.54, 1.807) is 15.5 Å². The highest BCUT2D eigenvalue weighted by atomic mass is 16.1. The Balaban J connectivity index is 1.57. The van der Waals surface area contributed by atoms with Crippen LogP contribution in [0.2, 0.25) is 0 Å². The molecule has 0 spiro atoms. The molecule has 7 nitrogen and oxygen atoms in total. The van der Waals surface area contributed by atoms with Crippen LogP contribution in [0.3, 0.4) is 0 Å². The maximum Gasteiger partial charge on any atom is 0.323 e. The minimum atomic E-state index is -0.101. The number of nitrogens with zero attached hydrogens (tertiary/aromatic N) is 5. The summed E-state index contributed by atoms with van der Waals surface area (Å²) in [5.74, 6) is 0.752. The highest BCUT2D eigenvalue weighted by Crippen LogP contribution is 2.24. The number of aromatic nitrogens is 5. The second kappa shape index (κ2) is 8.85. The van der Waals surface area contributed by atoms with Crippen LogP contribution in [0.5, 0.6) is 0 Å². The molecule has 0 aliphatic rings. The molecule has 3 heterocycles. The summed E-state index contributed by atoms with van der Waals surface area (Å²) in [4.78, 5) is 27.0. The third-order valence-electron chi connectivity index (χ3n) is 6.47. The zero-order valence-corrected chi connectivity index (χ0v) is 20.1. The normalized spacial score (nSPS) is 11.8. The molecule has 0 fully saturated rings. The molecule has 0 unspecified atom stereocenters. The van der Waals surface area contributed by atoms with Gasteiger partial charge in [0.15, 0.2) is 5.39 Å². The van der Waals surface area contributed by atoms with Crippen LogP contribution in [0.4, 0.5) is 0 Å². The average molecular weight is 474 g/mol. The molecular weight excluding hydrogens is 448 g/mol. The van der Waals surface area contributed by atoms with Crippen molar-refractivity contribution in [2.45, 2.75) is 26.8 Å². The van der Waals surface area contributed by atoms with Crippen LogP contribution in [-0.4, -0.2) is 25.4 Å². The standard InChI is InChI=1S/C29H24N6O/c1-19-12-14-22(15-13-19)18-30-35-27-25(26-28(35)33-24-11-7-6-10-23(24)32-26)29(36)34(20(2)31-27)17-16-21-8-4-3-5-9-21/h3-15,18H,16-17H2,1-2H3/p+1. The van der Waals surface area contributed by atoms with Crippen LogP contribution >= 0.6 is 0 Å². The lowest BCUT2D eigenvalue weighted by Gasteiger charge is -2.05. The van der Waals surface area contributed by atoms with Gasteiger partial charge in [-0.2, -0.15) is 0 Å². The minimum Gasteiger partial charge on any atom is -0.250 e. The van der Waals surface area contributed by atoms with Gasteiger partial charge in [0.2, 0.25) is 11.5 Å². The van der Waals surface area contributed by atoms with Gasteiger partial charge in [0, 0.05) is 13.3 Å². The molecule has 0 amide bonds. The quantitative estimate of drug-likeness (QED) is 0.347. The van der Waals surface area contributed by atoms with E-state index in [9.17, 15) is 4.79 Å². The number of fused-ring (bicyclic) bond motifs is 4. The van der Waals surface area contributed by atoms with E-state index in [-0.39, 0.29) is 5.56 Å². The predicted molar refractivity (Wildman–Crippen MR) is 142 cm³/mol. The van der Waals surface area contributed by atoms with Gasteiger partial charge in [-0.05, 0) is 30.2 Å². The predicted octanol–water partition coefficient (Wildman–Crippen LogP) is 4.46. The van der Waals surface area contributed by atoms with E-state index in [1.165, 1.54) is 11.1 Å². The first-order valence-electron chi connectivity index (χ1n) is 12.0. The average Bonchev–Trinajstić information content (AvgIpc) is 3.19. The number of aromatic amines is 1. The molecular formula is C29H25N6O+. The summed E-state index contributed by atoms with van der Waals surface area (Å²) in [6.07, 6.45) is 2.53. The highest BCUT2D eigenvalue weighted by molar-refractivity contribution is 6.03. The second-order valence-electron chi connectivity index (χ2n) is 8.98. The van der Waals surface area contributed by atoms with Crippen molar-refractivity contribution in [3.05, 3.63) is 112 Å². The van der Waals surface area contributed by atoms with Gasteiger partial charge in [-0.15, -0.1) is 9.78 Å². The summed E-state index contributed by atoms with van der Waals surface area (Å²) in [7, 11) is 0. The molecule has 0 radical (unpaired) electrons. The molecule has 0 saturated carbocycles. The molecule has 0 bridgehead atoms. The van der Waals surface area contributed by atoms with E-state index in [1.807, 2.05) is 73.7 Å². The van der Waals surface area contributed by atoms with E-state index in [0.29, 0.717) is 28.7 Å². The molecule has 1 N–H and O–H groups in total. The molecule has 7 heteroatoms. The summed E-state index contributed by atoms with van der Waals surface area (Å²) >= 11 is 0. The third kappa shape index (κ3) is 3.84. The molecule has 3 aromatic heterocycles. The summed E-state index contributed by atoms with van der Waals surface area (Å²) in [5, 5.41) is 5.23. The zero-order valence-electron chi connectivity index (χ0n) is 20.1. The summed E-state index contributed by atoms with van der Waals surface area (Å²) in [6, 6.07) is 26.0. The number of hydrogen-bond donors (Lipinski definition) is 0. The molecule has 6 aromatic rings. The fourth-order valence-corrected chi connectivity index (χ4v) is 4.52. The lowest BCUT2D eigenvalue weighted by atomic mass is 10.1. The first-order valence-corrected chi connectivity index (χ1v) is 12.0. The van der Waals surface area contributed by atoms with Gasteiger partial charge < -0.3 is 0 Å². The third-order valence-corrected chi connectivity index (χ3v) is 6.47. The Morgan fingerprint density at radius 1 is 0.889 bits per heavy atom. The van der Waals surface area contributed by atoms with Gasteiger partial charge >= 0.3 is 5.56 Å². The molecule has 3 aromatic carbocycles. The second-order valence-corrected chi connectivity index (χ2v) is 8.98. The Kier molecular flexibility index (Phi) is 5.37. The number of para-hydroxylation sites is 2.